The Kier molecular flexibility index (Phi) is 3.60. The first-order valence-electron chi connectivity index (χ1n) is 5.83. The van der Waals surface area contributed by atoms with E-state index in [4.69, 9.17) is 4.74 Å². The van der Waals surface area contributed by atoms with E-state index in [0.29, 0.717) is 0 Å². The van der Waals surface area contributed by atoms with Crippen LogP contribution in [-0.2, 0) is 4.74 Å². The molecule has 0 aromatic rings. The molecule has 1 aliphatic carbocycles. The second kappa shape index (κ2) is 4.94. The van der Waals surface area contributed by atoms with Crippen molar-refractivity contribution in [1.82, 2.24) is 5.32 Å². The van der Waals surface area contributed by atoms with Crippen molar-refractivity contribution in [1.29, 1.82) is 0 Å². The minimum absolute atomic E-state index is 0.768. The smallest absolute Gasteiger partial charge is 0.0471 e. The van der Waals surface area contributed by atoms with Crippen LogP contribution in [0.4, 0.5) is 0 Å². The number of hydrogen-bond donors (Lipinski definition) is 1. The summed E-state index contributed by atoms with van der Waals surface area (Å²) in [5.74, 6) is 0.768. The van der Waals surface area contributed by atoms with E-state index in [0.717, 1.165) is 31.7 Å². The van der Waals surface area contributed by atoms with Gasteiger partial charge in [0.2, 0.25) is 0 Å². The Bertz CT molecular complexity index is 202. The van der Waals surface area contributed by atoms with Crippen LogP contribution in [-0.4, -0.2) is 25.8 Å². The molecular weight excluding hydrogens is 174 g/mol. The van der Waals surface area contributed by atoms with Gasteiger partial charge in [0.1, 0.15) is 0 Å². The van der Waals surface area contributed by atoms with Crippen molar-refractivity contribution in [2.24, 2.45) is 5.92 Å². The van der Waals surface area contributed by atoms with Gasteiger partial charge in [-0.05, 0) is 38.5 Å². The maximum Gasteiger partial charge on any atom is 0.0471 e. The van der Waals surface area contributed by atoms with Gasteiger partial charge < -0.3 is 10.1 Å². The van der Waals surface area contributed by atoms with E-state index < -0.39 is 0 Å². The first kappa shape index (κ1) is 10.2. The van der Waals surface area contributed by atoms with Crippen LogP contribution in [0.15, 0.2) is 11.6 Å². The molecule has 1 heterocycles. The highest BCUT2D eigenvalue weighted by atomic mass is 16.5. The fourth-order valence-corrected chi connectivity index (χ4v) is 1.94. The number of hydrogen-bond acceptors (Lipinski definition) is 2. The van der Waals surface area contributed by atoms with Gasteiger partial charge in [0.05, 0.1) is 0 Å². The maximum absolute atomic E-state index is 5.34. The molecule has 1 N–H and O–H groups in total. The molecule has 2 heteroatoms. The molecule has 1 saturated carbocycles. The zero-order valence-corrected chi connectivity index (χ0v) is 9.09. The largest absolute Gasteiger partial charge is 0.381 e. The van der Waals surface area contributed by atoms with Gasteiger partial charge in [-0.2, -0.15) is 0 Å². The Morgan fingerprint density at radius 3 is 2.64 bits per heavy atom. The van der Waals surface area contributed by atoms with Crippen molar-refractivity contribution < 1.29 is 4.74 Å². The van der Waals surface area contributed by atoms with E-state index in [1.54, 1.807) is 0 Å². The fourth-order valence-electron chi connectivity index (χ4n) is 1.94. The third-order valence-electron chi connectivity index (χ3n) is 3.03. The van der Waals surface area contributed by atoms with Crippen LogP contribution in [0.5, 0.6) is 0 Å². The number of nitrogens with one attached hydrogen (secondary N) is 1. The van der Waals surface area contributed by atoms with E-state index in [-0.39, 0.29) is 0 Å². The summed E-state index contributed by atoms with van der Waals surface area (Å²) in [4.78, 5) is 0. The normalized spacial score (nSPS) is 25.4. The lowest BCUT2D eigenvalue weighted by Crippen LogP contribution is -2.20. The zero-order chi connectivity index (χ0) is 9.80. The van der Waals surface area contributed by atoms with Gasteiger partial charge >= 0.3 is 0 Å². The van der Waals surface area contributed by atoms with Crippen molar-refractivity contribution in [3.63, 3.8) is 0 Å². The van der Waals surface area contributed by atoms with E-state index in [1.165, 1.54) is 31.3 Å². The van der Waals surface area contributed by atoms with Gasteiger partial charge in [0, 0.05) is 25.8 Å². The Morgan fingerprint density at radius 1 is 1.29 bits per heavy atom. The molecule has 0 spiro atoms. The Balaban J connectivity index is 1.70. The molecule has 80 valence electrons. The van der Waals surface area contributed by atoms with Crippen molar-refractivity contribution in [3.8, 4) is 0 Å². The van der Waals surface area contributed by atoms with Gasteiger partial charge in [-0.3, -0.25) is 0 Å². The van der Waals surface area contributed by atoms with Crippen molar-refractivity contribution in [2.45, 2.75) is 38.6 Å². The third-order valence-corrected chi connectivity index (χ3v) is 3.03. The molecule has 0 aromatic heterocycles. The number of allylic oxidation sites excluding steroid dienone is 1. The summed E-state index contributed by atoms with van der Waals surface area (Å²) in [6.07, 6.45) is 7.62. The predicted octanol–water partition coefficient (Wildman–Crippen LogP) is 2.11. The predicted molar refractivity (Wildman–Crippen MR) is 58.3 cm³/mol. The van der Waals surface area contributed by atoms with E-state index in [1.807, 2.05) is 0 Å². The lowest BCUT2D eigenvalue weighted by atomic mass is 9.98. The molecule has 1 saturated heterocycles. The maximum atomic E-state index is 5.34. The molecule has 2 fully saturated rings. The summed E-state index contributed by atoms with van der Waals surface area (Å²) < 4.78 is 5.34. The second-order valence-electron chi connectivity index (χ2n) is 4.62. The summed E-state index contributed by atoms with van der Waals surface area (Å²) in [5.41, 5.74) is 1.50. The fraction of sp³-hybridized carbons (Fsp3) is 0.833. The molecular formula is C12H21NO. The molecule has 0 unspecified atom stereocenters. The van der Waals surface area contributed by atoms with Gasteiger partial charge in [-0.25, -0.2) is 0 Å². The molecule has 0 bridgehead atoms. The second-order valence-corrected chi connectivity index (χ2v) is 4.62. The summed E-state index contributed by atoms with van der Waals surface area (Å²) in [6.45, 7) is 5.22. The SMILES string of the molecule is CC(=CC1CCOCC1)CNC1CC1. The lowest BCUT2D eigenvalue weighted by molar-refractivity contribution is 0.0783. The molecule has 2 aliphatic rings. The molecule has 2 nitrogen and oxygen atoms in total. The average molecular weight is 195 g/mol. The molecule has 1 aliphatic heterocycles. The Hall–Kier alpha value is -0.340. The standard InChI is InChI=1S/C12H21NO/c1-10(9-13-12-2-3-12)8-11-4-6-14-7-5-11/h8,11-13H,2-7,9H2,1H3. The van der Waals surface area contributed by atoms with Crippen LogP contribution in [0.1, 0.15) is 32.6 Å². The number of ether oxygens (including phenoxy) is 1. The monoisotopic (exact) mass is 195 g/mol. The summed E-state index contributed by atoms with van der Waals surface area (Å²) in [7, 11) is 0. The van der Waals surface area contributed by atoms with Gasteiger partial charge in [0.25, 0.3) is 0 Å². The van der Waals surface area contributed by atoms with Crippen molar-refractivity contribution in [3.05, 3.63) is 11.6 Å². The van der Waals surface area contributed by atoms with E-state index in [2.05, 4.69) is 18.3 Å². The highest BCUT2D eigenvalue weighted by Gasteiger charge is 2.20. The minimum Gasteiger partial charge on any atom is -0.381 e. The summed E-state index contributed by atoms with van der Waals surface area (Å²) in [6, 6.07) is 0.827. The molecule has 0 amide bonds. The quantitative estimate of drug-likeness (QED) is 0.694. The van der Waals surface area contributed by atoms with E-state index >= 15 is 0 Å². The molecule has 14 heavy (non-hydrogen) atoms. The highest BCUT2D eigenvalue weighted by molar-refractivity contribution is 5.04. The topological polar surface area (TPSA) is 21.3 Å². The Morgan fingerprint density at radius 2 is 2.00 bits per heavy atom. The van der Waals surface area contributed by atoms with Gasteiger partial charge in [-0.15, -0.1) is 0 Å². The van der Waals surface area contributed by atoms with E-state index in [9.17, 15) is 0 Å². The molecule has 2 rings (SSSR count). The minimum atomic E-state index is 0.768. The highest BCUT2D eigenvalue weighted by Crippen LogP contribution is 2.20. The van der Waals surface area contributed by atoms with Crippen LogP contribution in [0.2, 0.25) is 0 Å². The summed E-state index contributed by atoms with van der Waals surface area (Å²) >= 11 is 0. The van der Waals surface area contributed by atoms with Gasteiger partial charge in [0.15, 0.2) is 0 Å². The Labute approximate surface area is 86.7 Å². The molecule has 0 atom stereocenters. The zero-order valence-electron chi connectivity index (χ0n) is 9.09. The first-order chi connectivity index (χ1) is 6.84. The van der Waals surface area contributed by atoms with Crippen molar-refractivity contribution >= 4 is 0 Å². The van der Waals surface area contributed by atoms with Crippen LogP contribution in [0.3, 0.4) is 0 Å². The lowest BCUT2D eigenvalue weighted by Gasteiger charge is -2.19. The van der Waals surface area contributed by atoms with Crippen molar-refractivity contribution in [2.75, 3.05) is 19.8 Å². The third kappa shape index (κ3) is 3.43. The average Bonchev–Trinajstić information content (AvgIpc) is 3.00. The summed E-state index contributed by atoms with van der Waals surface area (Å²) in [5, 5.41) is 3.55. The first-order valence-corrected chi connectivity index (χ1v) is 5.83. The van der Waals surface area contributed by atoms with Crippen LogP contribution < -0.4 is 5.32 Å². The van der Waals surface area contributed by atoms with Crippen LogP contribution in [0, 0.1) is 5.92 Å². The molecule has 0 aromatic carbocycles. The van der Waals surface area contributed by atoms with Gasteiger partial charge in [-0.1, -0.05) is 11.6 Å². The van der Waals surface area contributed by atoms with Crippen LogP contribution in [0.25, 0.3) is 0 Å². The van der Waals surface area contributed by atoms with Crippen LogP contribution >= 0.6 is 0 Å². The molecule has 0 radical (unpaired) electrons. The number of rotatable bonds is 4.